The van der Waals surface area contributed by atoms with Gasteiger partial charge in [0, 0.05) is 6.20 Å². The van der Waals surface area contributed by atoms with Crippen molar-refractivity contribution < 1.29 is 0 Å². The molecular weight excluding hydrogens is 166 g/mol. The van der Waals surface area contributed by atoms with Gasteiger partial charge in [0.2, 0.25) is 0 Å². The van der Waals surface area contributed by atoms with Gasteiger partial charge in [0.25, 0.3) is 0 Å². The third-order valence-electron chi connectivity index (χ3n) is 1.61. The summed E-state index contributed by atoms with van der Waals surface area (Å²) in [5.74, 6) is 0. The molecule has 1 nitrogen and oxygen atoms in total. The minimum atomic E-state index is 1.16. The Labute approximate surface area is 75.7 Å². The molecule has 1 N–H and O–H groups in total. The van der Waals surface area contributed by atoms with Gasteiger partial charge in [-0.1, -0.05) is 18.2 Å². The lowest BCUT2D eigenvalue weighted by Crippen LogP contribution is -2.00. The normalized spacial score (nSPS) is 15.2. The van der Waals surface area contributed by atoms with Crippen LogP contribution in [0.1, 0.15) is 4.88 Å². The molecule has 0 bridgehead atoms. The second-order valence-electron chi connectivity index (χ2n) is 2.45. The van der Waals surface area contributed by atoms with E-state index in [-0.39, 0.29) is 0 Å². The van der Waals surface area contributed by atoms with Crippen LogP contribution in [0.25, 0.3) is 5.70 Å². The topological polar surface area (TPSA) is 12.0 Å². The SMILES string of the molecule is C1=CC=C(c2cccs2)NC=C1. The minimum absolute atomic E-state index is 1.16. The van der Waals surface area contributed by atoms with E-state index in [2.05, 4.69) is 28.9 Å². The first-order chi connectivity index (χ1) is 5.97. The van der Waals surface area contributed by atoms with E-state index in [1.807, 2.05) is 24.4 Å². The first-order valence-corrected chi connectivity index (χ1v) is 4.69. The van der Waals surface area contributed by atoms with Crippen LogP contribution in [0.2, 0.25) is 0 Å². The zero-order valence-corrected chi connectivity index (χ0v) is 7.34. The van der Waals surface area contributed by atoms with Crippen LogP contribution in [0.3, 0.4) is 0 Å². The van der Waals surface area contributed by atoms with Gasteiger partial charge in [-0.3, -0.25) is 0 Å². The molecular formula is C10H9NS. The van der Waals surface area contributed by atoms with Gasteiger partial charge in [0.15, 0.2) is 0 Å². The maximum atomic E-state index is 3.21. The largest absolute Gasteiger partial charge is 0.361 e. The van der Waals surface area contributed by atoms with Crippen molar-refractivity contribution in [3.63, 3.8) is 0 Å². The molecule has 0 saturated carbocycles. The van der Waals surface area contributed by atoms with Crippen molar-refractivity contribution in [3.8, 4) is 0 Å². The second-order valence-corrected chi connectivity index (χ2v) is 3.39. The fourth-order valence-corrected chi connectivity index (χ4v) is 1.76. The van der Waals surface area contributed by atoms with Crippen LogP contribution < -0.4 is 5.32 Å². The number of hydrogen-bond donors (Lipinski definition) is 1. The summed E-state index contributed by atoms with van der Waals surface area (Å²) in [6.07, 6.45) is 10.0. The van der Waals surface area contributed by atoms with Gasteiger partial charge < -0.3 is 5.32 Å². The van der Waals surface area contributed by atoms with Crippen molar-refractivity contribution in [2.24, 2.45) is 0 Å². The average Bonchev–Trinajstić information content (AvgIpc) is 2.48. The molecule has 1 aliphatic heterocycles. The first kappa shape index (κ1) is 7.37. The average molecular weight is 175 g/mol. The summed E-state index contributed by atoms with van der Waals surface area (Å²) < 4.78 is 0. The number of hydrogen-bond acceptors (Lipinski definition) is 2. The smallest absolute Gasteiger partial charge is 0.0554 e. The van der Waals surface area contributed by atoms with Gasteiger partial charge in [-0.15, -0.1) is 11.3 Å². The molecule has 2 heterocycles. The fraction of sp³-hybridized carbons (Fsp3) is 0. The molecule has 1 aliphatic rings. The summed E-state index contributed by atoms with van der Waals surface area (Å²) >= 11 is 1.74. The van der Waals surface area contributed by atoms with Crippen LogP contribution in [0.15, 0.2) is 48.0 Å². The van der Waals surface area contributed by atoms with Crippen molar-refractivity contribution in [3.05, 3.63) is 52.9 Å². The van der Waals surface area contributed by atoms with Crippen LogP contribution in [0, 0.1) is 0 Å². The molecule has 1 aromatic heterocycles. The van der Waals surface area contributed by atoms with Gasteiger partial charge >= 0.3 is 0 Å². The molecule has 0 aliphatic carbocycles. The summed E-state index contributed by atoms with van der Waals surface area (Å²) in [6.45, 7) is 0. The lowest BCUT2D eigenvalue weighted by atomic mass is 10.3. The predicted molar refractivity (Wildman–Crippen MR) is 53.7 cm³/mol. The summed E-state index contributed by atoms with van der Waals surface area (Å²) in [5, 5.41) is 5.29. The van der Waals surface area contributed by atoms with Crippen LogP contribution in [-0.4, -0.2) is 0 Å². The molecule has 12 heavy (non-hydrogen) atoms. The van der Waals surface area contributed by atoms with E-state index >= 15 is 0 Å². The Bertz CT molecular complexity index is 331. The molecule has 0 aromatic carbocycles. The van der Waals surface area contributed by atoms with E-state index in [1.54, 1.807) is 11.3 Å². The third kappa shape index (κ3) is 1.48. The second kappa shape index (κ2) is 3.41. The molecule has 0 atom stereocenters. The van der Waals surface area contributed by atoms with Crippen molar-refractivity contribution in [1.82, 2.24) is 5.32 Å². The molecule has 0 fully saturated rings. The molecule has 0 saturated heterocycles. The zero-order valence-electron chi connectivity index (χ0n) is 6.53. The Morgan fingerprint density at radius 1 is 1.17 bits per heavy atom. The Morgan fingerprint density at radius 3 is 3.00 bits per heavy atom. The monoisotopic (exact) mass is 175 g/mol. The van der Waals surface area contributed by atoms with E-state index in [9.17, 15) is 0 Å². The van der Waals surface area contributed by atoms with Crippen LogP contribution in [0.4, 0.5) is 0 Å². The number of rotatable bonds is 1. The zero-order chi connectivity index (χ0) is 8.23. The number of allylic oxidation sites excluding steroid dienone is 4. The summed E-state index contributed by atoms with van der Waals surface area (Å²) in [7, 11) is 0. The highest BCUT2D eigenvalue weighted by Crippen LogP contribution is 2.18. The van der Waals surface area contributed by atoms with Crippen molar-refractivity contribution in [1.29, 1.82) is 0 Å². The van der Waals surface area contributed by atoms with E-state index in [0.717, 1.165) is 5.70 Å². The van der Waals surface area contributed by atoms with Gasteiger partial charge in [-0.05, 0) is 23.6 Å². The van der Waals surface area contributed by atoms with E-state index in [1.165, 1.54) is 4.88 Å². The van der Waals surface area contributed by atoms with Crippen LogP contribution >= 0.6 is 11.3 Å². The van der Waals surface area contributed by atoms with Gasteiger partial charge in [-0.25, -0.2) is 0 Å². The summed E-state index contributed by atoms with van der Waals surface area (Å²) in [6, 6.07) is 4.16. The van der Waals surface area contributed by atoms with Crippen LogP contribution in [0.5, 0.6) is 0 Å². The third-order valence-corrected chi connectivity index (χ3v) is 2.51. The minimum Gasteiger partial charge on any atom is -0.361 e. The lowest BCUT2D eigenvalue weighted by Gasteiger charge is -2.01. The van der Waals surface area contributed by atoms with Gasteiger partial charge in [-0.2, -0.15) is 0 Å². The van der Waals surface area contributed by atoms with E-state index < -0.39 is 0 Å². The summed E-state index contributed by atoms with van der Waals surface area (Å²) in [5.41, 5.74) is 1.16. The number of nitrogens with one attached hydrogen (secondary N) is 1. The Hall–Kier alpha value is -1.28. The summed E-state index contributed by atoms with van der Waals surface area (Å²) in [4.78, 5) is 1.27. The molecule has 2 rings (SSSR count). The quantitative estimate of drug-likeness (QED) is 0.692. The highest BCUT2D eigenvalue weighted by Gasteiger charge is 1.98. The molecule has 60 valence electrons. The Morgan fingerprint density at radius 2 is 2.17 bits per heavy atom. The lowest BCUT2D eigenvalue weighted by molar-refractivity contribution is 1.23. The maximum Gasteiger partial charge on any atom is 0.0554 e. The number of thiophene rings is 1. The molecule has 0 spiro atoms. The van der Waals surface area contributed by atoms with Crippen molar-refractivity contribution >= 4 is 17.0 Å². The van der Waals surface area contributed by atoms with E-state index in [0.29, 0.717) is 0 Å². The maximum absolute atomic E-state index is 3.21. The molecule has 1 aromatic rings. The highest BCUT2D eigenvalue weighted by molar-refractivity contribution is 7.11. The molecule has 0 radical (unpaired) electrons. The Kier molecular flexibility index (Phi) is 2.10. The molecule has 0 amide bonds. The van der Waals surface area contributed by atoms with Crippen molar-refractivity contribution in [2.45, 2.75) is 0 Å². The Balaban J connectivity index is 2.30. The highest BCUT2D eigenvalue weighted by atomic mass is 32.1. The predicted octanol–water partition coefficient (Wildman–Crippen LogP) is 2.76. The van der Waals surface area contributed by atoms with Crippen molar-refractivity contribution in [2.75, 3.05) is 0 Å². The van der Waals surface area contributed by atoms with Gasteiger partial charge in [0.05, 0.1) is 10.6 Å². The van der Waals surface area contributed by atoms with Crippen LogP contribution in [-0.2, 0) is 0 Å². The first-order valence-electron chi connectivity index (χ1n) is 3.81. The van der Waals surface area contributed by atoms with Gasteiger partial charge in [0.1, 0.15) is 0 Å². The molecule has 0 unspecified atom stereocenters. The van der Waals surface area contributed by atoms with E-state index in [4.69, 9.17) is 0 Å². The fourth-order valence-electron chi connectivity index (χ4n) is 1.04. The molecule has 2 heteroatoms. The standard InChI is InChI=1S/C10H9NS/c1-2-5-9(11-7-3-1)10-6-4-8-12-10/h1-8,11H.